The minimum absolute atomic E-state index is 0.281. The number of hydrogen-bond donors (Lipinski definition) is 2. The van der Waals surface area contributed by atoms with Crippen LogP contribution >= 0.6 is 23.2 Å². The molecule has 0 fully saturated rings. The molecule has 0 aliphatic rings. The Bertz CT molecular complexity index is 524. The fourth-order valence-corrected chi connectivity index (χ4v) is 1.50. The third-order valence-corrected chi connectivity index (χ3v) is 2.76. The van der Waals surface area contributed by atoms with Crippen LogP contribution in [0.15, 0.2) is 41.7 Å². The maximum absolute atomic E-state index is 10.4. The molecule has 1 rings (SSSR count). The molecule has 0 bridgehead atoms. The van der Waals surface area contributed by atoms with Crippen LogP contribution in [0.25, 0.3) is 5.57 Å². The van der Waals surface area contributed by atoms with Crippen LogP contribution in [0.2, 0.25) is 10.0 Å². The molecule has 0 spiro atoms. The lowest BCUT2D eigenvalue weighted by Gasteiger charge is -2.04. The predicted octanol–water partition coefficient (Wildman–Crippen LogP) is 2.58. The molecular weight excluding hydrogens is 273 g/mol. The molecule has 94 valence electrons. The second-order valence-corrected chi connectivity index (χ2v) is 4.04. The van der Waals surface area contributed by atoms with Crippen LogP contribution in [-0.4, -0.2) is 12.7 Å². The number of allylic oxidation sites excluding steroid dienone is 2. The maximum Gasteiger partial charge on any atom is 0.212 e. The van der Waals surface area contributed by atoms with Crippen molar-refractivity contribution in [2.45, 2.75) is 0 Å². The second kappa shape index (κ2) is 6.83. The van der Waals surface area contributed by atoms with Crippen LogP contribution in [0, 0.1) is 0 Å². The van der Waals surface area contributed by atoms with Gasteiger partial charge in [-0.15, -0.1) is 0 Å². The molecule has 0 aliphatic carbocycles. The molecular formula is C12H11Cl2N3O. The van der Waals surface area contributed by atoms with Gasteiger partial charge in [0.25, 0.3) is 0 Å². The number of hydrogen-bond acceptors (Lipinski definition) is 2. The largest absolute Gasteiger partial charge is 0.390 e. The van der Waals surface area contributed by atoms with Crippen LogP contribution in [0.3, 0.4) is 0 Å². The Morgan fingerprint density at radius 3 is 2.67 bits per heavy atom. The normalized spacial score (nSPS) is 11.6. The average Bonchev–Trinajstić information content (AvgIpc) is 2.33. The number of aliphatic imine (C=N–C) groups is 1. The Morgan fingerprint density at radius 2 is 2.11 bits per heavy atom. The zero-order valence-corrected chi connectivity index (χ0v) is 10.9. The van der Waals surface area contributed by atoms with E-state index < -0.39 is 0 Å². The van der Waals surface area contributed by atoms with Crippen LogP contribution in [-0.2, 0) is 4.79 Å². The molecule has 1 aromatic rings. The molecule has 0 aromatic heterocycles. The highest BCUT2D eigenvalue weighted by Gasteiger charge is 2.02. The van der Waals surface area contributed by atoms with E-state index >= 15 is 0 Å². The summed E-state index contributed by atoms with van der Waals surface area (Å²) in [4.78, 5) is 14.1. The van der Waals surface area contributed by atoms with E-state index in [1.807, 2.05) is 0 Å². The summed E-state index contributed by atoms with van der Waals surface area (Å²) < 4.78 is 0. The molecule has 0 unspecified atom stereocenters. The molecule has 0 radical (unpaired) electrons. The highest BCUT2D eigenvalue weighted by molar-refractivity contribution is 6.42. The highest BCUT2D eigenvalue weighted by Crippen LogP contribution is 2.26. The summed E-state index contributed by atoms with van der Waals surface area (Å²) in [7, 11) is 0. The average molecular weight is 284 g/mol. The maximum atomic E-state index is 10.4. The molecule has 0 saturated heterocycles. The number of nitrogens with one attached hydrogen (secondary N) is 1. The number of benzene rings is 1. The van der Waals surface area contributed by atoms with Crippen LogP contribution in [0.4, 0.5) is 0 Å². The smallest absolute Gasteiger partial charge is 0.212 e. The zero-order valence-electron chi connectivity index (χ0n) is 9.36. The van der Waals surface area contributed by atoms with Gasteiger partial charge >= 0.3 is 0 Å². The number of amides is 1. The topological polar surface area (TPSA) is 67.5 Å². The lowest BCUT2D eigenvalue weighted by atomic mass is 10.1. The van der Waals surface area contributed by atoms with Gasteiger partial charge in [0, 0.05) is 0 Å². The van der Waals surface area contributed by atoms with Crippen LogP contribution < -0.4 is 11.1 Å². The molecule has 1 aromatic carbocycles. The summed E-state index contributed by atoms with van der Waals surface area (Å²) in [6, 6.07) is 5.10. The van der Waals surface area contributed by atoms with Gasteiger partial charge in [0.15, 0.2) is 0 Å². The minimum Gasteiger partial charge on any atom is -0.390 e. The van der Waals surface area contributed by atoms with Gasteiger partial charge in [-0.2, -0.15) is 0 Å². The molecule has 3 N–H and O–H groups in total. The Morgan fingerprint density at radius 1 is 1.39 bits per heavy atom. The Kier molecular flexibility index (Phi) is 5.42. The second-order valence-electron chi connectivity index (χ2n) is 3.22. The van der Waals surface area contributed by atoms with Crippen molar-refractivity contribution in [2.24, 2.45) is 10.7 Å². The predicted molar refractivity (Wildman–Crippen MR) is 75.5 cm³/mol. The van der Waals surface area contributed by atoms with Crippen LogP contribution in [0.1, 0.15) is 5.56 Å². The summed E-state index contributed by atoms with van der Waals surface area (Å²) >= 11 is 11.7. The van der Waals surface area contributed by atoms with Crippen molar-refractivity contribution in [3.63, 3.8) is 0 Å². The fourth-order valence-electron chi connectivity index (χ4n) is 1.20. The van der Waals surface area contributed by atoms with E-state index in [1.54, 1.807) is 24.3 Å². The SMILES string of the molecule is C=C(/C=C(\N=CN)NC=O)c1ccc(Cl)c(Cl)c1. The van der Waals surface area contributed by atoms with E-state index in [1.165, 1.54) is 0 Å². The Labute approximate surface area is 115 Å². The standard InChI is InChI=1S/C12H11Cl2N3O/c1-8(4-12(16-6-15)17-7-18)9-2-3-10(13)11(14)5-9/h2-7H,1H2,(H2,15,16)(H,17,18)/b12-4+. The molecule has 0 atom stereocenters. The number of nitrogens with two attached hydrogens (primary N) is 1. The first kappa shape index (κ1) is 14.3. The van der Waals surface area contributed by atoms with Crippen molar-refractivity contribution in [3.05, 3.63) is 52.3 Å². The van der Waals surface area contributed by atoms with Gasteiger partial charge in [0.2, 0.25) is 6.41 Å². The number of rotatable bonds is 5. The first-order valence-corrected chi connectivity index (χ1v) is 5.64. The minimum atomic E-state index is 0.281. The number of halogens is 2. The van der Waals surface area contributed by atoms with E-state index in [0.717, 1.165) is 11.9 Å². The van der Waals surface area contributed by atoms with Gasteiger partial charge in [-0.05, 0) is 29.3 Å². The monoisotopic (exact) mass is 283 g/mol. The highest BCUT2D eigenvalue weighted by atomic mass is 35.5. The van der Waals surface area contributed by atoms with E-state index in [4.69, 9.17) is 28.9 Å². The number of carbonyl (C=O) groups is 1. The lowest BCUT2D eigenvalue weighted by Crippen LogP contribution is -2.09. The summed E-state index contributed by atoms with van der Waals surface area (Å²) in [6.07, 6.45) is 3.14. The van der Waals surface area contributed by atoms with E-state index in [9.17, 15) is 4.79 Å². The van der Waals surface area contributed by atoms with E-state index in [-0.39, 0.29) is 5.82 Å². The van der Waals surface area contributed by atoms with Gasteiger partial charge in [0.1, 0.15) is 5.82 Å². The molecule has 4 nitrogen and oxygen atoms in total. The van der Waals surface area contributed by atoms with E-state index in [2.05, 4.69) is 16.9 Å². The van der Waals surface area contributed by atoms with Crippen molar-refractivity contribution in [1.29, 1.82) is 0 Å². The van der Waals surface area contributed by atoms with Gasteiger partial charge < -0.3 is 11.1 Å². The summed E-state index contributed by atoms with van der Waals surface area (Å²) in [6.45, 7) is 3.85. The zero-order chi connectivity index (χ0) is 13.5. The molecule has 1 amide bonds. The fraction of sp³-hybridized carbons (Fsp3) is 0. The quantitative estimate of drug-likeness (QED) is 0.377. The third-order valence-electron chi connectivity index (χ3n) is 2.02. The summed E-state index contributed by atoms with van der Waals surface area (Å²) in [5, 5.41) is 3.28. The first-order valence-electron chi connectivity index (χ1n) is 4.89. The lowest BCUT2D eigenvalue weighted by molar-refractivity contribution is -0.108. The first-order chi connectivity index (χ1) is 8.58. The van der Waals surface area contributed by atoms with Crippen LogP contribution in [0.5, 0.6) is 0 Å². The van der Waals surface area contributed by atoms with E-state index in [0.29, 0.717) is 22.0 Å². The van der Waals surface area contributed by atoms with Crippen molar-refractivity contribution in [1.82, 2.24) is 5.32 Å². The summed E-state index contributed by atoms with van der Waals surface area (Å²) in [5.74, 6) is 0.281. The molecule has 18 heavy (non-hydrogen) atoms. The Hall–Kier alpha value is -1.78. The van der Waals surface area contributed by atoms with Gasteiger partial charge in [-0.25, -0.2) is 4.99 Å². The number of carbonyl (C=O) groups excluding carboxylic acids is 1. The molecule has 0 heterocycles. The molecule has 0 saturated carbocycles. The molecule has 0 aliphatic heterocycles. The molecule has 6 heteroatoms. The Balaban J connectivity index is 3.01. The number of nitrogens with zero attached hydrogens (tertiary/aromatic N) is 1. The summed E-state index contributed by atoms with van der Waals surface area (Å²) in [5.41, 5.74) is 6.54. The third kappa shape index (κ3) is 3.91. The van der Waals surface area contributed by atoms with Gasteiger partial charge in [-0.1, -0.05) is 35.8 Å². The van der Waals surface area contributed by atoms with Crippen molar-refractivity contribution in [3.8, 4) is 0 Å². The van der Waals surface area contributed by atoms with Gasteiger partial charge in [-0.3, -0.25) is 4.79 Å². The van der Waals surface area contributed by atoms with Gasteiger partial charge in [0.05, 0.1) is 16.4 Å². The van der Waals surface area contributed by atoms with Crippen molar-refractivity contribution >= 4 is 41.5 Å². The van der Waals surface area contributed by atoms with Crippen molar-refractivity contribution < 1.29 is 4.79 Å². The van der Waals surface area contributed by atoms with Crippen molar-refractivity contribution in [2.75, 3.05) is 0 Å².